The zero-order valence-corrected chi connectivity index (χ0v) is 9.95. The van der Waals surface area contributed by atoms with E-state index in [-0.39, 0.29) is 12.4 Å². The van der Waals surface area contributed by atoms with Gasteiger partial charge in [0.05, 0.1) is 0 Å². The molecule has 0 radical (unpaired) electrons. The number of hydrogen-bond acceptors (Lipinski definition) is 1. The fourth-order valence-electron chi connectivity index (χ4n) is 2.85. The van der Waals surface area contributed by atoms with Crippen molar-refractivity contribution in [2.75, 3.05) is 6.54 Å². The zero-order chi connectivity index (χ0) is 8.93. The van der Waals surface area contributed by atoms with Gasteiger partial charge in [-0.25, -0.2) is 0 Å². The fraction of sp³-hybridized carbons (Fsp3) is 1.00. The van der Waals surface area contributed by atoms with Gasteiger partial charge in [-0.05, 0) is 38.1 Å². The molecule has 0 saturated heterocycles. The highest BCUT2D eigenvalue weighted by Crippen LogP contribution is 2.24. The summed E-state index contributed by atoms with van der Waals surface area (Å²) in [5, 5.41) is 3.75. The Morgan fingerprint density at radius 1 is 0.786 bits per heavy atom. The van der Waals surface area contributed by atoms with Crippen LogP contribution in [-0.2, 0) is 0 Å². The first-order valence-corrected chi connectivity index (χ1v) is 6.18. The lowest BCUT2D eigenvalue weighted by molar-refractivity contribution is 0.327. The van der Waals surface area contributed by atoms with Crippen LogP contribution >= 0.6 is 12.4 Å². The van der Waals surface area contributed by atoms with Crippen LogP contribution in [0.4, 0.5) is 0 Å². The highest BCUT2D eigenvalue weighted by Gasteiger charge is 2.17. The van der Waals surface area contributed by atoms with Crippen molar-refractivity contribution >= 4 is 12.4 Å². The number of rotatable bonds is 3. The van der Waals surface area contributed by atoms with E-state index >= 15 is 0 Å². The van der Waals surface area contributed by atoms with Crippen molar-refractivity contribution in [1.82, 2.24) is 5.32 Å². The standard InChI is InChI=1S/C12H23N.ClH/c1-2-6-11(7-3-1)10-13-12-8-4-5-9-12;/h11-13H,1-10H2;1H. The Hall–Kier alpha value is 0.250. The molecule has 14 heavy (non-hydrogen) atoms. The second-order valence-corrected chi connectivity index (χ2v) is 4.89. The highest BCUT2D eigenvalue weighted by molar-refractivity contribution is 5.85. The van der Waals surface area contributed by atoms with E-state index in [9.17, 15) is 0 Å². The summed E-state index contributed by atoms with van der Waals surface area (Å²) < 4.78 is 0. The van der Waals surface area contributed by atoms with Gasteiger partial charge >= 0.3 is 0 Å². The lowest BCUT2D eigenvalue weighted by atomic mass is 9.89. The van der Waals surface area contributed by atoms with Crippen molar-refractivity contribution in [2.24, 2.45) is 5.92 Å². The van der Waals surface area contributed by atoms with Crippen LogP contribution in [0, 0.1) is 5.92 Å². The van der Waals surface area contributed by atoms with Crippen molar-refractivity contribution in [2.45, 2.75) is 63.8 Å². The molecule has 0 aromatic rings. The van der Waals surface area contributed by atoms with Gasteiger partial charge in [0.2, 0.25) is 0 Å². The fourth-order valence-corrected chi connectivity index (χ4v) is 2.85. The number of nitrogens with one attached hydrogen (secondary N) is 1. The Morgan fingerprint density at radius 3 is 2.00 bits per heavy atom. The number of hydrogen-bond donors (Lipinski definition) is 1. The molecule has 0 spiro atoms. The SMILES string of the molecule is C1CCC(CNC2CCCC2)CC1.Cl. The Morgan fingerprint density at radius 2 is 1.36 bits per heavy atom. The summed E-state index contributed by atoms with van der Waals surface area (Å²) in [7, 11) is 0. The van der Waals surface area contributed by atoms with Gasteiger partial charge in [-0.3, -0.25) is 0 Å². The molecule has 0 heterocycles. The van der Waals surface area contributed by atoms with E-state index in [1.807, 2.05) is 0 Å². The molecule has 2 saturated carbocycles. The maximum Gasteiger partial charge on any atom is 0.00671 e. The Kier molecular flexibility index (Phi) is 5.88. The highest BCUT2D eigenvalue weighted by atomic mass is 35.5. The maximum atomic E-state index is 3.75. The van der Waals surface area contributed by atoms with Crippen LogP contribution in [0.25, 0.3) is 0 Å². The molecule has 2 heteroatoms. The van der Waals surface area contributed by atoms with Crippen LogP contribution in [0.1, 0.15) is 57.8 Å². The van der Waals surface area contributed by atoms with E-state index in [1.54, 1.807) is 0 Å². The molecule has 84 valence electrons. The van der Waals surface area contributed by atoms with Crippen LogP contribution in [0.15, 0.2) is 0 Å². The predicted octanol–water partition coefficient (Wildman–Crippen LogP) is 3.52. The average molecular weight is 218 g/mol. The second kappa shape index (κ2) is 6.68. The normalized spacial score (nSPS) is 24.9. The number of halogens is 1. The Labute approximate surface area is 94.4 Å². The molecular formula is C12H24ClN. The molecule has 2 fully saturated rings. The molecule has 0 amide bonds. The van der Waals surface area contributed by atoms with Gasteiger partial charge in [-0.2, -0.15) is 0 Å². The topological polar surface area (TPSA) is 12.0 Å². The van der Waals surface area contributed by atoms with Gasteiger partial charge in [-0.1, -0.05) is 32.1 Å². The van der Waals surface area contributed by atoms with E-state index in [0.717, 1.165) is 12.0 Å². The second-order valence-electron chi connectivity index (χ2n) is 4.89. The largest absolute Gasteiger partial charge is 0.314 e. The average Bonchev–Trinajstić information content (AvgIpc) is 2.69. The smallest absolute Gasteiger partial charge is 0.00671 e. The van der Waals surface area contributed by atoms with Gasteiger partial charge in [0.15, 0.2) is 0 Å². The molecule has 2 aliphatic carbocycles. The molecule has 0 aliphatic heterocycles. The van der Waals surface area contributed by atoms with Crippen molar-refractivity contribution in [1.29, 1.82) is 0 Å². The monoisotopic (exact) mass is 217 g/mol. The summed E-state index contributed by atoms with van der Waals surface area (Å²) in [4.78, 5) is 0. The van der Waals surface area contributed by atoms with E-state index in [1.165, 1.54) is 64.3 Å². The lowest BCUT2D eigenvalue weighted by Crippen LogP contribution is -2.32. The van der Waals surface area contributed by atoms with Gasteiger partial charge in [0, 0.05) is 6.04 Å². The summed E-state index contributed by atoms with van der Waals surface area (Å²) in [6.07, 6.45) is 13.2. The molecule has 1 N–H and O–H groups in total. The van der Waals surface area contributed by atoms with Crippen molar-refractivity contribution in [3.05, 3.63) is 0 Å². The van der Waals surface area contributed by atoms with E-state index in [4.69, 9.17) is 0 Å². The minimum absolute atomic E-state index is 0. The van der Waals surface area contributed by atoms with Crippen molar-refractivity contribution in [3.63, 3.8) is 0 Å². The molecule has 2 aliphatic rings. The first kappa shape index (κ1) is 12.3. The predicted molar refractivity (Wildman–Crippen MR) is 64.1 cm³/mol. The molecular weight excluding hydrogens is 194 g/mol. The summed E-state index contributed by atoms with van der Waals surface area (Å²) >= 11 is 0. The van der Waals surface area contributed by atoms with Gasteiger partial charge < -0.3 is 5.32 Å². The van der Waals surface area contributed by atoms with Crippen LogP contribution < -0.4 is 5.32 Å². The quantitative estimate of drug-likeness (QED) is 0.763. The Bertz CT molecular complexity index is 137. The van der Waals surface area contributed by atoms with Crippen LogP contribution in [-0.4, -0.2) is 12.6 Å². The lowest BCUT2D eigenvalue weighted by Gasteiger charge is -2.23. The van der Waals surface area contributed by atoms with Gasteiger partial charge in [0.25, 0.3) is 0 Å². The summed E-state index contributed by atoms with van der Waals surface area (Å²) in [5.74, 6) is 1.01. The summed E-state index contributed by atoms with van der Waals surface area (Å²) in [6, 6.07) is 0.877. The first-order chi connectivity index (χ1) is 6.45. The maximum absolute atomic E-state index is 3.75. The van der Waals surface area contributed by atoms with E-state index < -0.39 is 0 Å². The van der Waals surface area contributed by atoms with E-state index in [2.05, 4.69) is 5.32 Å². The van der Waals surface area contributed by atoms with E-state index in [0.29, 0.717) is 0 Å². The minimum Gasteiger partial charge on any atom is -0.314 e. The third-order valence-electron chi connectivity index (χ3n) is 3.78. The molecule has 1 nitrogen and oxygen atoms in total. The molecule has 0 unspecified atom stereocenters. The van der Waals surface area contributed by atoms with Crippen LogP contribution in [0.2, 0.25) is 0 Å². The molecule has 0 aromatic heterocycles. The third kappa shape index (κ3) is 3.78. The molecule has 2 rings (SSSR count). The zero-order valence-electron chi connectivity index (χ0n) is 9.13. The van der Waals surface area contributed by atoms with Crippen LogP contribution in [0.3, 0.4) is 0 Å². The summed E-state index contributed by atoms with van der Waals surface area (Å²) in [6.45, 7) is 1.31. The van der Waals surface area contributed by atoms with Crippen molar-refractivity contribution < 1.29 is 0 Å². The van der Waals surface area contributed by atoms with Crippen molar-refractivity contribution in [3.8, 4) is 0 Å². The first-order valence-electron chi connectivity index (χ1n) is 6.18. The van der Waals surface area contributed by atoms with Gasteiger partial charge in [-0.15, -0.1) is 12.4 Å². The Balaban J connectivity index is 0.000000980. The molecule has 0 aromatic carbocycles. The molecule has 0 bridgehead atoms. The van der Waals surface area contributed by atoms with Crippen LogP contribution in [0.5, 0.6) is 0 Å². The van der Waals surface area contributed by atoms with Gasteiger partial charge in [0.1, 0.15) is 0 Å². The summed E-state index contributed by atoms with van der Waals surface area (Å²) in [5.41, 5.74) is 0. The third-order valence-corrected chi connectivity index (χ3v) is 3.78. The minimum atomic E-state index is 0. The molecule has 0 atom stereocenters.